The van der Waals surface area contributed by atoms with Gasteiger partial charge in [-0.25, -0.2) is 0 Å². The number of quaternary nitrogens is 1. The van der Waals surface area contributed by atoms with Crippen molar-refractivity contribution in [1.82, 2.24) is 0 Å². The van der Waals surface area contributed by atoms with Crippen molar-refractivity contribution in [3.8, 4) is 0 Å². The van der Waals surface area contributed by atoms with Crippen molar-refractivity contribution in [2.45, 2.75) is 103 Å². The molecule has 0 aromatic carbocycles. The van der Waals surface area contributed by atoms with Gasteiger partial charge < -0.3 is 9.60 Å². The van der Waals surface area contributed by atoms with E-state index >= 15 is 0 Å². The molecule has 0 aromatic rings. The van der Waals surface area contributed by atoms with Crippen LogP contribution in [0, 0.1) is 0 Å². The third-order valence-electron chi connectivity index (χ3n) is 4.89. The van der Waals surface area contributed by atoms with Gasteiger partial charge >= 0.3 is 0 Å². The summed E-state index contributed by atoms with van der Waals surface area (Å²) in [5.41, 5.74) is 0. The lowest BCUT2D eigenvalue weighted by Crippen LogP contribution is -3.13. The van der Waals surface area contributed by atoms with E-state index in [9.17, 15) is 0 Å². The summed E-state index contributed by atoms with van der Waals surface area (Å²) in [4.78, 5) is 1.94. The second-order valence-electron chi connectivity index (χ2n) is 6.61. The number of likely N-dealkylation sites (tertiary alicyclic amines) is 1. The van der Waals surface area contributed by atoms with Crippen LogP contribution in [0.4, 0.5) is 0 Å². The van der Waals surface area contributed by atoms with E-state index in [0.717, 1.165) is 6.04 Å². The highest BCUT2D eigenvalue weighted by atomic mass is 19.0. The van der Waals surface area contributed by atoms with Crippen LogP contribution in [0.25, 0.3) is 0 Å². The van der Waals surface area contributed by atoms with E-state index in [0.29, 0.717) is 0 Å². The lowest BCUT2D eigenvalue weighted by Gasteiger charge is -2.21. The second-order valence-corrected chi connectivity index (χ2v) is 6.61. The summed E-state index contributed by atoms with van der Waals surface area (Å²) in [6, 6.07) is 1.02. The molecule has 1 heterocycles. The third kappa shape index (κ3) is 8.94. The standard InChI is InChI=1S/C18H37N.FH/c1-3-5-7-8-9-10-11-12-16-19-17-13-15-18(19)14-6-4-2;/h18H,3-17H2,1-2H3;1H. The molecule has 1 aliphatic rings. The Morgan fingerprint density at radius 2 is 1.40 bits per heavy atom. The zero-order valence-electron chi connectivity index (χ0n) is 14.1. The summed E-state index contributed by atoms with van der Waals surface area (Å²) < 4.78 is 0. The summed E-state index contributed by atoms with van der Waals surface area (Å²) in [5.74, 6) is 0. The summed E-state index contributed by atoms with van der Waals surface area (Å²) in [7, 11) is 0. The Hall–Kier alpha value is -0.110. The number of halogens is 1. The monoisotopic (exact) mass is 287 g/mol. The maximum Gasteiger partial charge on any atom is 0.0876 e. The molecule has 0 saturated carbocycles. The first-order chi connectivity index (χ1) is 9.38. The number of hydrogen-bond acceptors (Lipinski definition) is 0. The van der Waals surface area contributed by atoms with E-state index in [1.54, 1.807) is 0 Å². The molecule has 1 saturated heterocycles. The van der Waals surface area contributed by atoms with Gasteiger partial charge in [-0.1, -0.05) is 58.8 Å². The van der Waals surface area contributed by atoms with Gasteiger partial charge in [0, 0.05) is 12.8 Å². The Kier molecular flexibility index (Phi) is 13.8. The molecule has 1 nitrogen and oxygen atoms in total. The molecule has 1 N–H and O–H groups in total. The summed E-state index contributed by atoms with van der Waals surface area (Å²) in [5, 5.41) is 0. The Morgan fingerprint density at radius 3 is 2.05 bits per heavy atom. The number of unbranched alkanes of at least 4 members (excludes halogenated alkanes) is 8. The molecule has 1 aliphatic heterocycles. The van der Waals surface area contributed by atoms with Crippen LogP contribution in [0.1, 0.15) is 97.3 Å². The lowest BCUT2D eigenvalue weighted by atomic mass is 10.1. The van der Waals surface area contributed by atoms with Crippen LogP contribution in [0.15, 0.2) is 0 Å². The average Bonchev–Trinajstić information content (AvgIpc) is 2.87. The molecule has 20 heavy (non-hydrogen) atoms. The minimum absolute atomic E-state index is 0. The van der Waals surface area contributed by atoms with Crippen LogP contribution in [0.5, 0.6) is 0 Å². The predicted molar refractivity (Wildman–Crippen MR) is 85.9 cm³/mol. The van der Waals surface area contributed by atoms with Crippen molar-refractivity contribution in [3.05, 3.63) is 0 Å². The molecule has 0 amide bonds. The van der Waals surface area contributed by atoms with Crippen molar-refractivity contribution >= 4 is 0 Å². The van der Waals surface area contributed by atoms with E-state index in [1.807, 2.05) is 4.90 Å². The first-order valence-corrected chi connectivity index (χ1v) is 9.23. The van der Waals surface area contributed by atoms with Crippen LogP contribution in [-0.2, 0) is 0 Å². The fraction of sp³-hybridized carbons (Fsp3) is 1.00. The Balaban J connectivity index is 0.00000361. The maximum absolute atomic E-state index is 2.33. The highest BCUT2D eigenvalue weighted by molar-refractivity contribution is 4.62. The first-order valence-electron chi connectivity index (χ1n) is 9.23. The highest BCUT2D eigenvalue weighted by Gasteiger charge is 2.26. The summed E-state index contributed by atoms with van der Waals surface area (Å²) in [6.07, 6.45) is 19.0. The zero-order valence-corrected chi connectivity index (χ0v) is 14.1. The van der Waals surface area contributed by atoms with Crippen LogP contribution in [0.3, 0.4) is 0 Å². The second kappa shape index (κ2) is 13.9. The molecule has 2 heteroatoms. The van der Waals surface area contributed by atoms with Gasteiger partial charge in [0.2, 0.25) is 0 Å². The van der Waals surface area contributed by atoms with E-state index in [2.05, 4.69) is 13.8 Å². The van der Waals surface area contributed by atoms with Crippen molar-refractivity contribution in [2.75, 3.05) is 13.1 Å². The normalized spacial score (nSPS) is 21.9. The average molecular weight is 288 g/mol. The molecule has 0 aliphatic carbocycles. The molecule has 2 unspecified atom stereocenters. The van der Waals surface area contributed by atoms with Gasteiger partial charge in [0.1, 0.15) is 0 Å². The number of rotatable bonds is 12. The van der Waals surface area contributed by atoms with Crippen molar-refractivity contribution in [3.63, 3.8) is 0 Å². The van der Waals surface area contributed by atoms with E-state index in [4.69, 9.17) is 0 Å². The molecular weight excluding hydrogens is 249 g/mol. The van der Waals surface area contributed by atoms with Gasteiger partial charge in [0.05, 0.1) is 19.1 Å². The number of nitrogens with one attached hydrogen (secondary N) is 1. The van der Waals surface area contributed by atoms with Gasteiger partial charge in [0.15, 0.2) is 0 Å². The molecule has 1 rings (SSSR count). The molecule has 0 aromatic heterocycles. The molecule has 0 spiro atoms. The SMILES string of the molecule is CCCCCCCCCC[NH+]1CCCC1CCCC.[F-]. The maximum atomic E-state index is 2.33. The fourth-order valence-corrected chi connectivity index (χ4v) is 3.60. The van der Waals surface area contributed by atoms with Crippen LogP contribution >= 0.6 is 0 Å². The fourth-order valence-electron chi connectivity index (χ4n) is 3.60. The van der Waals surface area contributed by atoms with Gasteiger partial charge in [-0.2, -0.15) is 0 Å². The first kappa shape index (κ1) is 19.9. The molecule has 2 atom stereocenters. The zero-order chi connectivity index (χ0) is 13.8. The quantitative estimate of drug-likeness (QED) is 0.517. The topological polar surface area (TPSA) is 4.44 Å². The van der Waals surface area contributed by atoms with E-state index in [-0.39, 0.29) is 4.70 Å². The van der Waals surface area contributed by atoms with Crippen molar-refractivity contribution < 1.29 is 9.60 Å². The molecule has 122 valence electrons. The minimum atomic E-state index is 0. The Bertz CT molecular complexity index is 196. The third-order valence-corrected chi connectivity index (χ3v) is 4.89. The van der Waals surface area contributed by atoms with Gasteiger partial charge in [0.25, 0.3) is 0 Å². The molecule has 0 radical (unpaired) electrons. The van der Waals surface area contributed by atoms with Crippen molar-refractivity contribution in [1.29, 1.82) is 0 Å². The van der Waals surface area contributed by atoms with Crippen molar-refractivity contribution in [2.24, 2.45) is 0 Å². The summed E-state index contributed by atoms with van der Waals surface area (Å²) >= 11 is 0. The largest absolute Gasteiger partial charge is 1.00 e. The summed E-state index contributed by atoms with van der Waals surface area (Å²) in [6.45, 7) is 7.55. The molecule has 0 bridgehead atoms. The molecular formula is C18H38FN. The lowest BCUT2D eigenvalue weighted by molar-refractivity contribution is -0.912. The van der Waals surface area contributed by atoms with Gasteiger partial charge in [-0.05, 0) is 25.7 Å². The van der Waals surface area contributed by atoms with Gasteiger partial charge in [-0.15, -0.1) is 0 Å². The van der Waals surface area contributed by atoms with E-state index < -0.39 is 0 Å². The smallest absolute Gasteiger partial charge is 0.0876 e. The number of hydrogen-bond donors (Lipinski definition) is 1. The molecule has 1 fully saturated rings. The Morgan fingerprint density at radius 1 is 0.800 bits per heavy atom. The minimum Gasteiger partial charge on any atom is -1.00 e. The van der Waals surface area contributed by atoms with Crippen LogP contribution < -0.4 is 9.60 Å². The predicted octanol–water partition coefficient (Wildman–Crippen LogP) is 1.37. The van der Waals surface area contributed by atoms with Gasteiger partial charge in [-0.3, -0.25) is 0 Å². The van der Waals surface area contributed by atoms with Crippen LogP contribution in [-0.4, -0.2) is 19.1 Å². The Labute approximate surface area is 126 Å². The highest BCUT2D eigenvalue weighted by Crippen LogP contribution is 2.10. The van der Waals surface area contributed by atoms with E-state index in [1.165, 1.54) is 96.6 Å². The van der Waals surface area contributed by atoms with Crippen LogP contribution in [0.2, 0.25) is 0 Å².